The molecule has 2 N–H and O–H groups in total. The summed E-state index contributed by atoms with van der Waals surface area (Å²) in [6, 6.07) is 17.5. The maximum absolute atomic E-state index is 13.0. The molecule has 0 amide bonds. The lowest BCUT2D eigenvalue weighted by atomic mass is 10.1. The number of anilines is 1. The number of halogens is 1. The van der Waals surface area contributed by atoms with Crippen molar-refractivity contribution in [1.29, 1.82) is 0 Å². The number of hydrogen-bond donors (Lipinski definition) is 1. The Hall–Kier alpha value is -2.56. The van der Waals surface area contributed by atoms with Crippen molar-refractivity contribution in [2.45, 2.75) is 18.4 Å². The van der Waals surface area contributed by atoms with Crippen LogP contribution in [-0.2, 0) is 0 Å². The Morgan fingerprint density at radius 3 is 2.32 bits per heavy atom. The van der Waals surface area contributed by atoms with Crippen LogP contribution in [0.15, 0.2) is 59.6 Å². The topological polar surface area (TPSA) is 44.9 Å². The van der Waals surface area contributed by atoms with Crippen molar-refractivity contribution in [3.8, 4) is 0 Å². The molecule has 2 fully saturated rings. The van der Waals surface area contributed by atoms with Gasteiger partial charge in [0, 0.05) is 37.8 Å². The molecule has 5 heteroatoms. The fourth-order valence-electron chi connectivity index (χ4n) is 3.48. The van der Waals surface area contributed by atoms with Crippen molar-refractivity contribution in [1.82, 2.24) is 4.90 Å². The highest BCUT2D eigenvalue weighted by molar-refractivity contribution is 5.79. The molecule has 4 rings (SSSR count). The van der Waals surface area contributed by atoms with E-state index in [-0.39, 0.29) is 5.82 Å². The van der Waals surface area contributed by atoms with Crippen molar-refractivity contribution in [2.24, 2.45) is 10.7 Å². The molecule has 2 aromatic carbocycles. The third-order valence-electron chi connectivity index (χ3n) is 5.08. The second kappa shape index (κ2) is 6.75. The Morgan fingerprint density at radius 1 is 0.960 bits per heavy atom. The maximum Gasteiger partial charge on any atom is 0.191 e. The Labute approximate surface area is 147 Å². The van der Waals surface area contributed by atoms with Gasteiger partial charge >= 0.3 is 0 Å². The molecule has 1 saturated carbocycles. The SMILES string of the molecule is NC(=NC1CC1c1ccccc1)N1CCN(c2ccc(F)cc2)CC1. The van der Waals surface area contributed by atoms with E-state index in [4.69, 9.17) is 10.7 Å². The normalized spacial score (nSPS) is 23.6. The molecule has 0 aromatic heterocycles. The average molecular weight is 338 g/mol. The second-order valence-corrected chi connectivity index (χ2v) is 6.76. The van der Waals surface area contributed by atoms with Crippen LogP contribution < -0.4 is 10.6 Å². The summed E-state index contributed by atoms with van der Waals surface area (Å²) in [5, 5.41) is 0. The number of rotatable bonds is 3. The Kier molecular flexibility index (Phi) is 4.30. The minimum Gasteiger partial charge on any atom is -0.370 e. The van der Waals surface area contributed by atoms with Crippen LogP contribution >= 0.6 is 0 Å². The van der Waals surface area contributed by atoms with E-state index in [1.165, 1.54) is 17.7 Å². The monoisotopic (exact) mass is 338 g/mol. The summed E-state index contributed by atoms with van der Waals surface area (Å²) in [5.74, 6) is 0.971. The van der Waals surface area contributed by atoms with Gasteiger partial charge in [0.2, 0.25) is 0 Å². The van der Waals surface area contributed by atoms with Gasteiger partial charge < -0.3 is 15.5 Å². The highest BCUT2D eigenvalue weighted by Gasteiger charge is 2.38. The number of nitrogens with two attached hydrogens (primary N) is 1. The van der Waals surface area contributed by atoms with E-state index in [1.54, 1.807) is 0 Å². The molecule has 4 nitrogen and oxygen atoms in total. The van der Waals surface area contributed by atoms with Crippen molar-refractivity contribution in [3.05, 3.63) is 66.0 Å². The molecule has 1 aliphatic heterocycles. The van der Waals surface area contributed by atoms with Gasteiger partial charge in [0.25, 0.3) is 0 Å². The third kappa shape index (κ3) is 3.60. The molecule has 130 valence electrons. The molecule has 2 aromatic rings. The molecule has 0 bridgehead atoms. The van der Waals surface area contributed by atoms with E-state index < -0.39 is 0 Å². The summed E-state index contributed by atoms with van der Waals surface area (Å²) in [4.78, 5) is 9.14. The number of hydrogen-bond acceptors (Lipinski definition) is 2. The summed E-state index contributed by atoms with van der Waals surface area (Å²) < 4.78 is 13.0. The van der Waals surface area contributed by atoms with E-state index in [0.29, 0.717) is 17.9 Å². The molecule has 0 spiro atoms. The molecule has 25 heavy (non-hydrogen) atoms. The molecule has 0 radical (unpaired) electrons. The minimum atomic E-state index is -0.198. The van der Waals surface area contributed by atoms with Gasteiger partial charge in [-0.1, -0.05) is 30.3 Å². The molecular formula is C20H23FN4. The van der Waals surface area contributed by atoms with Crippen molar-refractivity contribution in [3.63, 3.8) is 0 Å². The molecule has 2 atom stereocenters. The van der Waals surface area contributed by atoms with Crippen LogP contribution in [0.3, 0.4) is 0 Å². The molecular weight excluding hydrogens is 315 g/mol. The smallest absolute Gasteiger partial charge is 0.191 e. The van der Waals surface area contributed by atoms with E-state index in [0.717, 1.165) is 38.3 Å². The first-order valence-corrected chi connectivity index (χ1v) is 8.84. The zero-order valence-electron chi connectivity index (χ0n) is 14.2. The summed E-state index contributed by atoms with van der Waals surface area (Å²) >= 11 is 0. The van der Waals surface area contributed by atoms with Gasteiger partial charge in [-0.25, -0.2) is 9.38 Å². The maximum atomic E-state index is 13.0. The van der Waals surface area contributed by atoms with Gasteiger partial charge in [0.15, 0.2) is 5.96 Å². The van der Waals surface area contributed by atoms with E-state index in [1.807, 2.05) is 18.2 Å². The predicted octanol–water partition coefficient (Wildman–Crippen LogP) is 2.82. The first-order valence-electron chi connectivity index (χ1n) is 8.84. The zero-order chi connectivity index (χ0) is 17.2. The first kappa shape index (κ1) is 15.9. The van der Waals surface area contributed by atoms with Crippen molar-refractivity contribution in [2.75, 3.05) is 31.1 Å². The van der Waals surface area contributed by atoms with Crippen LogP contribution in [0.1, 0.15) is 17.9 Å². The third-order valence-corrected chi connectivity index (χ3v) is 5.08. The Bertz CT molecular complexity index is 736. The quantitative estimate of drug-likeness (QED) is 0.691. The summed E-state index contributed by atoms with van der Waals surface area (Å²) in [6.45, 7) is 3.42. The average Bonchev–Trinajstić information content (AvgIpc) is 3.42. The van der Waals surface area contributed by atoms with Crippen LogP contribution in [-0.4, -0.2) is 43.1 Å². The number of nitrogens with zero attached hydrogens (tertiary/aromatic N) is 3. The first-order chi connectivity index (χ1) is 12.2. The van der Waals surface area contributed by atoms with E-state index >= 15 is 0 Å². The van der Waals surface area contributed by atoms with E-state index in [2.05, 4.69) is 34.1 Å². The predicted molar refractivity (Wildman–Crippen MR) is 99.4 cm³/mol. The van der Waals surface area contributed by atoms with Gasteiger partial charge in [-0.2, -0.15) is 0 Å². The van der Waals surface area contributed by atoms with Gasteiger partial charge in [0.1, 0.15) is 5.82 Å². The second-order valence-electron chi connectivity index (χ2n) is 6.76. The highest BCUT2D eigenvalue weighted by Crippen LogP contribution is 2.43. The van der Waals surface area contributed by atoms with Gasteiger partial charge in [-0.05, 0) is 36.2 Å². The Balaban J connectivity index is 1.32. The van der Waals surface area contributed by atoms with Crippen molar-refractivity contribution < 1.29 is 4.39 Å². The van der Waals surface area contributed by atoms with Gasteiger partial charge in [0.05, 0.1) is 6.04 Å². The van der Waals surface area contributed by atoms with Crippen LogP contribution in [0, 0.1) is 5.82 Å². The van der Waals surface area contributed by atoms with Gasteiger partial charge in [-0.15, -0.1) is 0 Å². The molecule has 1 heterocycles. The zero-order valence-corrected chi connectivity index (χ0v) is 14.2. The lowest BCUT2D eigenvalue weighted by molar-refractivity contribution is 0.380. The Morgan fingerprint density at radius 2 is 1.64 bits per heavy atom. The van der Waals surface area contributed by atoms with Crippen LogP contribution in [0.2, 0.25) is 0 Å². The highest BCUT2D eigenvalue weighted by atomic mass is 19.1. The van der Waals surface area contributed by atoms with Crippen LogP contribution in [0.5, 0.6) is 0 Å². The number of piperazine rings is 1. The largest absolute Gasteiger partial charge is 0.370 e. The fraction of sp³-hybridized carbons (Fsp3) is 0.350. The molecule has 2 aliphatic rings. The number of benzene rings is 2. The van der Waals surface area contributed by atoms with Crippen molar-refractivity contribution >= 4 is 11.6 Å². The van der Waals surface area contributed by atoms with E-state index in [9.17, 15) is 4.39 Å². The lowest BCUT2D eigenvalue weighted by Crippen LogP contribution is -2.51. The molecule has 1 saturated heterocycles. The van der Waals surface area contributed by atoms with Gasteiger partial charge in [-0.3, -0.25) is 0 Å². The minimum absolute atomic E-state index is 0.198. The summed E-state index contributed by atoms with van der Waals surface area (Å²) in [6.07, 6.45) is 1.08. The standard InChI is InChI=1S/C20H23FN4/c21-16-6-8-17(9-7-16)24-10-12-25(13-11-24)20(22)23-19-14-18(19)15-4-2-1-3-5-15/h1-9,18-19H,10-14H2,(H2,22,23). The fourth-order valence-corrected chi connectivity index (χ4v) is 3.48. The summed E-state index contributed by atoms with van der Waals surface area (Å²) in [7, 11) is 0. The summed E-state index contributed by atoms with van der Waals surface area (Å²) in [5.41, 5.74) is 8.65. The van der Waals surface area contributed by atoms with Crippen LogP contribution in [0.4, 0.5) is 10.1 Å². The number of aliphatic imine (C=N–C) groups is 1. The molecule has 1 aliphatic carbocycles. The lowest BCUT2D eigenvalue weighted by Gasteiger charge is -2.36. The van der Waals surface area contributed by atoms with Crippen LogP contribution in [0.25, 0.3) is 0 Å². The number of guanidine groups is 1. The molecule has 2 unspecified atom stereocenters.